The number of hydrogen-bond donors (Lipinski definition) is 2. The molecule has 0 spiro atoms. The van der Waals surface area contributed by atoms with Crippen LogP contribution >= 0.6 is 0 Å². The lowest BCUT2D eigenvalue weighted by molar-refractivity contribution is 0.472. The van der Waals surface area contributed by atoms with Gasteiger partial charge in [-0.3, -0.25) is 0 Å². The van der Waals surface area contributed by atoms with Crippen LogP contribution in [0.15, 0.2) is 48.5 Å². The predicted octanol–water partition coefficient (Wildman–Crippen LogP) is 3.66. The number of hydrogen-bond acceptors (Lipinski definition) is 2. The van der Waals surface area contributed by atoms with E-state index >= 15 is 0 Å². The molecule has 86 valence electrons. The van der Waals surface area contributed by atoms with Crippen LogP contribution in [0.4, 0.5) is 0 Å². The molecule has 0 radical (unpaired) electrons. The SMILES string of the molecule is CC(=Cc1ccccc1O)c1ccccc1O. The van der Waals surface area contributed by atoms with E-state index in [0.29, 0.717) is 0 Å². The minimum Gasteiger partial charge on any atom is -0.507 e. The van der Waals surface area contributed by atoms with Gasteiger partial charge >= 0.3 is 0 Å². The number of rotatable bonds is 2. The fourth-order valence-corrected chi connectivity index (χ4v) is 1.73. The molecule has 2 aromatic carbocycles. The highest BCUT2D eigenvalue weighted by atomic mass is 16.3. The highest BCUT2D eigenvalue weighted by Gasteiger charge is 2.03. The van der Waals surface area contributed by atoms with Gasteiger partial charge in [0.15, 0.2) is 0 Å². The van der Waals surface area contributed by atoms with Gasteiger partial charge in [0, 0.05) is 11.1 Å². The number of benzene rings is 2. The van der Waals surface area contributed by atoms with Crippen molar-refractivity contribution in [2.75, 3.05) is 0 Å². The number of allylic oxidation sites excluding steroid dienone is 1. The summed E-state index contributed by atoms with van der Waals surface area (Å²) in [6.07, 6.45) is 1.85. The summed E-state index contributed by atoms with van der Waals surface area (Å²) in [5.41, 5.74) is 2.42. The van der Waals surface area contributed by atoms with Gasteiger partial charge < -0.3 is 10.2 Å². The molecule has 2 N–H and O–H groups in total. The Morgan fingerprint density at radius 1 is 0.882 bits per heavy atom. The van der Waals surface area contributed by atoms with E-state index in [1.807, 2.05) is 37.3 Å². The summed E-state index contributed by atoms with van der Waals surface area (Å²) >= 11 is 0. The lowest BCUT2D eigenvalue weighted by atomic mass is 10.0. The van der Waals surface area contributed by atoms with Crippen molar-refractivity contribution in [2.24, 2.45) is 0 Å². The first-order valence-corrected chi connectivity index (χ1v) is 5.43. The van der Waals surface area contributed by atoms with Gasteiger partial charge in [0.2, 0.25) is 0 Å². The number of aromatic hydroxyl groups is 2. The molecule has 2 rings (SSSR count). The van der Waals surface area contributed by atoms with Crippen LogP contribution in [0.3, 0.4) is 0 Å². The average molecular weight is 226 g/mol. The van der Waals surface area contributed by atoms with Crippen LogP contribution in [0.25, 0.3) is 11.6 Å². The summed E-state index contributed by atoms with van der Waals surface area (Å²) in [5.74, 6) is 0.485. The first kappa shape index (κ1) is 11.3. The Morgan fingerprint density at radius 3 is 2.12 bits per heavy atom. The molecular weight excluding hydrogens is 212 g/mol. The van der Waals surface area contributed by atoms with Crippen LogP contribution in [0.1, 0.15) is 18.1 Å². The van der Waals surface area contributed by atoms with Gasteiger partial charge in [0.1, 0.15) is 11.5 Å². The Balaban J connectivity index is 2.42. The average Bonchev–Trinajstić information content (AvgIpc) is 2.32. The molecule has 0 aliphatic rings. The van der Waals surface area contributed by atoms with Crippen LogP contribution in [0, 0.1) is 0 Å². The van der Waals surface area contributed by atoms with Gasteiger partial charge in [0.05, 0.1) is 0 Å². The van der Waals surface area contributed by atoms with E-state index in [2.05, 4.69) is 0 Å². The van der Waals surface area contributed by atoms with Crippen LogP contribution in [-0.2, 0) is 0 Å². The lowest BCUT2D eigenvalue weighted by Crippen LogP contribution is -1.81. The van der Waals surface area contributed by atoms with Gasteiger partial charge in [0.25, 0.3) is 0 Å². The molecule has 2 nitrogen and oxygen atoms in total. The maximum atomic E-state index is 9.72. The van der Waals surface area contributed by atoms with Crippen molar-refractivity contribution in [3.63, 3.8) is 0 Å². The van der Waals surface area contributed by atoms with E-state index < -0.39 is 0 Å². The fourth-order valence-electron chi connectivity index (χ4n) is 1.73. The molecule has 0 aliphatic heterocycles. The van der Waals surface area contributed by atoms with E-state index in [1.54, 1.807) is 24.3 Å². The largest absolute Gasteiger partial charge is 0.507 e. The molecule has 0 bridgehead atoms. The van der Waals surface area contributed by atoms with Crippen LogP contribution in [0.2, 0.25) is 0 Å². The van der Waals surface area contributed by atoms with Crippen LogP contribution in [-0.4, -0.2) is 10.2 Å². The molecule has 0 fully saturated rings. The minimum absolute atomic E-state index is 0.238. The molecule has 17 heavy (non-hydrogen) atoms. The lowest BCUT2D eigenvalue weighted by Gasteiger charge is -2.05. The first-order valence-electron chi connectivity index (χ1n) is 5.43. The summed E-state index contributed by atoms with van der Waals surface area (Å²) in [6.45, 7) is 1.90. The first-order chi connectivity index (χ1) is 8.18. The van der Waals surface area contributed by atoms with Gasteiger partial charge in [-0.05, 0) is 30.7 Å². The molecule has 0 aliphatic carbocycles. The Hall–Kier alpha value is -2.22. The van der Waals surface area contributed by atoms with Gasteiger partial charge in [-0.2, -0.15) is 0 Å². The van der Waals surface area contributed by atoms with Crippen molar-refractivity contribution in [1.82, 2.24) is 0 Å². The Labute approximate surface area is 100 Å². The normalized spacial score (nSPS) is 11.5. The molecule has 0 saturated heterocycles. The highest BCUT2D eigenvalue weighted by molar-refractivity contribution is 5.83. The van der Waals surface area contributed by atoms with Crippen molar-refractivity contribution in [3.05, 3.63) is 59.7 Å². The molecule has 0 amide bonds. The third-order valence-corrected chi connectivity index (χ3v) is 2.64. The van der Waals surface area contributed by atoms with E-state index in [0.717, 1.165) is 16.7 Å². The number of para-hydroxylation sites is 2. The van der Waals surface area contributed by atoms with E-state index in [1.165, 1.54) is 0 Å². The van der Waals surface area contributed by atoms with Crippen molar-refractivity contribution in [2.45, 2.75) is 6.92 Å². The maximum absolute atomic E-state index is 9.72. The topological polar surface area (TPSA) is 40.5 Å². The molecular formula is C15H14O2. The summed E-state index contributed by atoms with van der Waals surface area (Å²) < 4.78 is 0. The van der Waals surface area contributed by atoms with Gasteiger partial charge in [-0.15, -0.1) is 0 Å². The molecule has 0 saturated carbocycles. The Bertz CT molecular complexity index is 556. The fraction of sp³-hybridized carbons (Fsp3) is 0.0667. The van der Waals surface area contributed by atoms with E-state index in [4.69, 9.17) is 0 Å². The van der Waals surface area contributed by atoms with Crippen molar-refractivity contribution >= 4 is 11.6 Å². The second-order valence-corrected chi connectivity index (χ2v) is 3.90. The Morgan fingerprint density at radius 2 is 1.47 bits per heavy atom. The zero-order valence-electron chi connectivity index (χ0n) is 9.59. The smallest absolute Gasteiger partial charge is 0.123 e. The monoisotopic (exact) mass is 226 g/mol. The zero-order chi connectivity index (χ0) is 12.3. The van der Waals surface area contributed by atoms with Crippen LogP contribution in [0.5, 0.6) is 11.5 Å². The van der Waals surface area contributed by atoms with Gasteiger partial charge in [-0.1, -0.05) is 36.4 Å². The molecule has 0 aromatic heterocycles. The van der Waals surface area contributed by atoms with Crippen molar-refractivity contribution in [1.29, 1.82) is 0 Å². The van der Waals surface area contributed by atoms with Gasteiger partial charge in [-0.25, -0.2) is 0 Å². The number of phenolic OH excluding ortho intramolecular Hbond substituents is 2. The molecule has 2 heteroatoms. The Kier molecular flexibility index (Phi) is 3.15. The quantitative estimate of drug-likeness (QED) is 0.767. The summed E-state index contributed by atoms with van der Waals surface area (Å²) in [6, 6.07) is 14.3. The number of phenols is 2. The minimum atomic E-state index is 0.238. The maximum Gasteiger partial charge on any atom is 0.123 e. The summed E-state index contributed by atoms with van der Waals surface area (Å²) in [5, 5.41) is 19.4. The summed E-state index contributed by atoms with van der Waals surface area (Å²) in [4.78, 5) is 0. The third kappa shape index (κ3) is 2.48. The zero-order valence-corrected chi connectivity index (χ0v) is 9.59. The summed E-state index contributed by atoms with van der Waals surface area (Å²) in [7, 11) is 0. The molecule has 2 aromatic rings. The third-order valence-electron chi connectivity index (χ3n) is 2.64. The standard InChI is InChI=1S/C15H14O2/c1-11(13-7-3-5-9-15(13)17)10-12-6-2-4-8-14(12)16/h2-10,16-17H,1H3. The van der Waals surface area contributed by atoms with Crippen LogP contribution < -0.4 is 0 Å². The molecule has 0 atom stereocenters. The van der Waals surface area contributed by atoms with E-state index in [-0.39, 0.29) is 11.5 Å². The second-order valence-electron chi connectivity index (χ2n) is 3.90. The predicted molar refractivity (Wildman–Crippen MR) is 69.8 cm³/mol. The molecule has 0 unspecified atom stereocenters. The van der Waals surface area contributed by atoms with Crippen molar-refractivity contribution < 1.29 is 10.2 Å². The second kappa shape index (κ2) is 4.74. The van der Waals surface area contributed by atoms with Crippen molar-refractivity contribution in [3.8, 4) is 11.5 Å². The van der Waals surface area contributed by atoms with E-state index in [9.17, 15) is 10.2 Å². The highest BCUT2D eigenvalue weighted by Crippen LogP contribution is 2.28. The molecule has 0 heterocycles.